The Morgan fingerprint density at radius 2 is 2.31 bits per heavy atom. The zero-order chi connectivity index (χ0) is 12.1. The quantitative estimate of drug-likeness (QED) is 0.781. The smallest absolute Gasteiger partial charge is 0.255 e. The summed E-state index contributed by atoms with van der Waals surface area (Å²) in [5, 5.41) is 9.09. The summed E-state index contributed by atoms with van der Waals surface area (Å²) in [7, 11) is 1.63. The van der Waals surface area contributed by atoms with Crippen LogP contribution in [0, 0.1) is 5.95 Å². The van der Waals surface area contributed by atoms with E-state index < -0.39 is 12.1 Å². The fourth-order valence-electron chi connectivity index (χ4n) is 1.20. The molecule has 5 heteroatoms. The van der Waals surface area contributed by atoms with Crippen molar-refractivity contribution in [2.24, 2.45) is 0 Å². The second-order valence-corrected chi connectivity index (χ2v) is 3.73. The van der Waals surface area contributed by atoms with E-state index in [0.29, 0.717) is 18.5 Å². The third kappa shape index (κ3) is 3.58. The molecule has 0 fully saturated rings. The third-order valence-electron chi connectivity index (χ3n) is 2.20. The van der Waals surface area contributed by atoms with E-state index in [2.05, 4.69) is 4.98 Å². The molecule has 1 unspecified atom stereocenters. The molecule has 1 rings (SSSR count). The second kappa shape index (κ2) is 5.55. The Kier molecular flexibility index (Phi) is 4.37. The highest BCUT2D eigenvalue weighted by atomic mass is 19.1. The normalized spacial score (nSPS) is 12.2. The molecule has 0 aliphatic carbocycles. The van der Waals surface area contributed by atoms with Gasteiger partial charge in [-0.25, -0.2) is 4.98 Å². The second-order valence-electron chi connectivity index (χ2n) is 3.73. The maximum Gasteiger partial charge on any atom is 0.255 e. The molecule has 1 N–H and O–H groups in total. The number of hydrogen-bond donors (Lipinski definition) is 1. The van der Waals surface area contributed by atoms with Crippen molar-refractivity contribution >= 4 is 5.91 Å². The Morgan fingerprint density at radius 3 is 2.81 bits per heavy atom. The first kappa shape index (κ1) is 12.6. The summed E-state index contributed by atoms with van der Waals surface area (Å²) in [4.78, 5) is 16.6. The van der Waals surface area contributed by atoms with Crippen LogP contribution in [0.1, 0.15) is 23.7 Å². The molecule has 0 aromatic carbocycles. The van der Waals surface area contributed by atoms with Crippen molar-refractivity contribution in [1.29, 1.82) is 0 Å². The molecule has 0 spiro atoms. The highest BCUT2D eigenvalue weighted by Gasteiger charge is 2.12. The van der Waals surface area contributed by atoms with E-state index in [1.165, 1.54) is 17.2 Å². The van der Waals surface area contributed by atoms with Gasteiger partial charge in [0.15, 0.2) is 0 Å². The number of pyridine rings is 1. The maximum atomic E-state index is 12.5. The number of nitrogens with zero attached hydrogens (tertiary/aromatic N) is 2. The minimum absolute atomic E-state index is 0.229. The van der Waals surface area contributed by atoms with E-state index in [9.17, 15) is 9.18 Å². The Morgan fingerprint density at radius 1 is 1.62 bits per heavy atom. The Bertz CT molecular complexity index is 352. The van der Waals surface area contributed by atoms with Gasteiger partial charge in [-0.1, -0.05) is 0 Å². The van der Waals surface area contributed by atoms with Gasteiger partial charge in [0.2, 0.25) is 5.95 Å². The van der Waals surface area contributed by atoms with Crippen molar-refractivity contribution in [2.75, 3.05) is 13.6 Å². The Balaban J connectivity index is 2.60. The summed E-state index contributed by atoms with van der Waals surface area (Å²) >= 11 is 0. The molecular formula is C11H15FN2O2. The van der Waals surface area contributed by atoms with Crippen molar-refractivity contribution in [2.45, 2.75) is 19.4 Å². The van der Waals surface area contributed by atoms with Crippen LogP contribution in [0.3, 0.4) is 0 Å². The molecule has 1 amide bonds. The molecule has 0 saturated carbocycles. The summed E-state index contributed by atoms with van der Waals surface area (Å²) in [6.45, 7) is 2.12. The molecule has 0 aliphatic rings. The fourth-order valence-corrected chi connectivity index (χ4v) is 1.20. The number of carbonyl (C=O) groups excluding carboxylic acids is 1. The molecule has 0 radical (unpaired) electrons. The van der Waals surface area contributed by atoms with Crippen LogP contribution in [0.25, 0.3) is 0 Å². The van der Waals surface area contributed by atoms with E-state index in [-0.39, 0.29) is 5.91 Å². The highest BCUT2D eigenvalue weighted by molar-refractivity contribution is 5.93. The monoisotopic (exact) mass is 226 g/mol. The van der Waals surface area contributed by atoms with Crippen molar-refractivity contribution in [3.8, 4) is 0 Å². The summed E-state index contributed by atoms with van der Waals surface area (Å²) in [6.07, 6.45) is 1.27. The van der Waals surface area contributed by atoms with Crippen LogP contribution in [-0.4, -0.2) is 40.6 Å². The predicted molar refractivity (Wildman–Crippen MR) is 57.5 cm³/mol. The summed E-state index contributed by atoms with van der Waals surface area (Å²) in [6, 6.07) is 2.54. The summed E-state index contributed by atoms with van der Waals surface area (Å²) < 4.78 is 12.5. The molecule has 4 nitrogen and oxygen atoms in total. The van der Waals surface area contributed by atoms with Crippen LogP contribution in [0.4, 0.5) is 4.39 Å². The van der Waals surface area contributed by atoms with Crippen molar-refractivity contribution in [3.63, 3.8) is 0 Å². The zero-order valence-electron chi connectivity index (χ0n) is 9.35. The van der Waals surface area contributed by atoms with Crippen molar-refractivity contribution < 1.29 is 14.3 Å². The number of aliphatic hydroxyl groups excluding tert-OH is 1. The van der Waals surface area contributed by atoms with Gasteiger partial charge < -0.3 is 10.0 Å². The zero-order valence-corrected chi connectivity index (χ0v) is 9.35. The first-order valence-electron chi connectivity index (χ1n) is 5.06. The molecule has 0 saturated heterocycles. The van der Waals surface area contributed by atoms with Gasteiger partial charge in [0.25, 0.3) is 5.91 Å². The molecule has 16 heavy (non-hydrogen) atoms. The minimum Gasteiger partial charge on any atom is -0.393 e. The lowest BCUT2D eigenvalue weighted by atomic mass is 10.2. The van der Waals surface area contributed by atoms with Crippen LogP contribution >= 0.6 is 0 Å². The lowest BCUT2D eigenvalue weighted by molar-refractivity contribution is 0.0768. The molecule has 1 heterocycles. The number of aromatic nitrogens is 1. The number of amides is 1. The average Bonchev–Trinajstić information content (AvgIpc) is 2.26. The van der Waals surface area contributed by atoms with E-state index in [4.69, 9.17) is 5.11 Å². The van der Waals surface area contributed by atoms with Gasteiger partial charge in [0, 0.05) is 19.8 Å². The van der Waals surface area contributed by atoms with Crippen molar-refractivity contribution in [3.05, 3.63) is 29.8 Å². The Labute approximate surface area is 93.7 Å². The third-order valence-corrected chi connectivity index (χ3v) is 2.20. The van der Waals surface area contributed by atoms with Gasteiger partial charge in [-0.2, -0.15) is 4.39 Å². The Hall–Kier alpha value is -1.49. The van der Waals surface area contributed by atoms with Gasteiger partial charge in [-0.15, -0.1) is 0 Å². The number of halogens is 1. The van der Waals surface area contributed by atoms with Gasteiger partial charge in [-0.05, 0) is 25.5 Å². The highest BCUT2D eigenvalue weighted by Crippen LogP contribution is 2.04. The van der Waals surface area contributed by atoms with Crippen LogP contribution in [0.5, 0.6) is 0 Å². The van der Waals surface area contributed by atoms with Gasteiger partial charge >= 0.3 is 0 Å². The first-order valence-corrected chi connectivity index (χ1v) is 5.06. The number of hydrogen-bond acceptors (Lipinski definition) is 3. The molecule has 88 valence electrons. The van der Waals surface area contributed by atoms with E-state index >= 15 is 0 Å². The SMILES string of the molecule is CC(O)CCN(C)C(=O)c1ccc(F)nc1. The molecule has 1 aromatic heterocycles. The molecule has 1 atom stereocenters. The van der Waals surface area contributed by atoms with Crippen LogP contribution in [0.2, 0.25) is 0 Å². The fraction of sp³-hybridized carbons (Fsp3) is 0.455. The molecule has 0 bridgehead atoms. The first-order chi connectivity index (χ1) is 7.50. The van der Waals surface area contributed by atoms with E-state index in [1.54, 1.807) is 14.0 Å². The van der Waals surface area contributed by atoms with Crippen LogP contribution in [-0.2, 0) is 0 Å². The van der Waals surface area contributed by atoms with Gasteiger partial charge in [0.05, 0.1) is 11.7 Å². The van der Waals surface area contributed by atoms with E-state index in [0.717, 1.165) is 6.07 Å². The number of rotatable bonds is 4. The molecule has 1 aromatic rings. The molecular weight excluding hydrogens is 211 g/mol. The van der Waals surface area contributed by atoms with Crippen molar-refractivity contribution in [1.82, 2.24) is 9.88 Å². The van der Waals surface area contributed by atoms with Crippen LogP contribution in [0.15, 0.2) is 18.3 Å². The minimum atomic E-state index is -0.608. The largest absolute Gasteiger partial charge is 0.393 e. The number of aliphatic hydroxyl groups is 1. The van der Waals surface area contributed by atoms with Gasteiger partial charge in [-0.3, -0.25) is 4.79 Å². The lowest BCUT2D eigenvalue weighted by Crippen LogP contribution is -2.29. The summed E-state index contributed by atoms with van der Waals surface area (Å²) in [5.41, 5.74) is 0.342. The standard InChI is InChI=1S/C11H15FN2O2/c1-8(15)5-6-14(2)11(16)9-3-4-10(12)13-7-9/h3-4,7-8,15H,5-6H2,1-2H3. The van der Waals surface area contributed by atoms with Gasteiger partial charge in [0.1, 0.15) is 0 Å². The maximum absolute atomic E-state index is 12.5. The predicted octanol–water partition coefficient (Wildman–Crippen LogP) is 1.06. The average molecular weight is 226 g/mol. The van der Waals surface area contributed by atoms with E-state index in [1.807, 2.05) is 0 Å². The summed E-state index contributed by atoms with van der Waals surface area (Å²) in [5.74, 6) is -0.837. The number of carbonyl (C=O) groups is 1. The topological polar surface area (TPSA) is 53.4 Å². The molecule has 0 aliphatic heterocycles. The lowest BCUT2D eigenvalue weighted by Gasteiger charge is -2.17. The van der Waals surface area contributed by atoms with Crippen LogP contribution < -0.4 is 0 Å².